The molecule has 0 aliphatic rings. The molecule has 1 amide bonds. The van der Waals surface area contributed by atoms with Crippen molar-refractivity contribution in [3.63, 3.8) is 0 Å². The van der Waals surface area contributed by atoms with Gasteiger partial charge in [-0.15, -0.1) is 11.8 Å². The van der Waals surface area contributed by atoms with Gasteiger partial charge in [-0.1, -0.05) is 23.8 Å². The molecule has 2 aromatic carbocycles. The number of nitro groups is 1. The average Bonchev–Trinajstić information content (AvgIpc) is 2.60. The van der Waals surface area contributed by atoms with Gasteiger partial charge in [-0.25, -0.2) is 5.43 Å². The number of hydrazone groups is 1. The second kappa shape index (κ2) is 8.95. The van der Waals surface area contributed by atoms with Crippen molar-refractivity contribution in [2.45, 2.75) is 11.8 Å². The van der Waals surface area contributed by atoms with Crippen molar-refractivity contribution in [3.8, 4) is 0 Å². The molecule has 0 spiro atoms. The Morgan fingerprint density at radius 1 is 1.32 bits per heavy atom. The lowest BCUT2D eigenvalue weighted by Crippen LogP contribution is -2.17. The SMILES string of the molecule is Cc1ccc(C(=O)N/N=C/c2ccc(SCCO)c([N+](=O)[O-])c2)cc1. The van der Waals surface area contributed by atoms with E-state index in [9.17, 15) is 14.9 Å². The summed E-state index contributed by atoms with van der Waals surface area (Å²) < 4.78 is 0. The van der Waals surface area contributed by atoms with Gasteiger partial charge in [0, 0.05) is 22.9 Å². The Morgan fingerprint density at radius 2 is 2.04 bits per heavy atom. The maximum atomic E-state index is 11.9. The molecule has 0 bridgehead atoms. The Kier molecular flexibility index (Phi) is 6.67. The van der Waals surface area contributed by atoms with Crippen LogP contribution in [0.3, 0.4) is 0 Å². The molecule has 0 radical (unpaired) electrons. The van der Waals surface area contributed by atoms with Crippen molar-refractivity contribution < 1.29 is 14.8 Å². The quantitative estimate of drug-likeness (QED) is 0.342. The molecule has 130 valence electrons. The first-order chi connectivity index (χ1) is 12.0. The van der Waals surface area contributed by atoms with Gasteiger partial charge in [-0.05, 0) is 25.1 Å². The number of amides is 1. The topological polar surface area (TPSA) is 105 Å². The minimum atomic E-state index is -0.484. The van der Waals surface area contributed by atoms with Gasteiger partial charge in [-0.3, -0.25) is 14.9 Å². The van der Waals surface area contributed by atoms with Crippen molar-refractivity contribution in [1.82, 2.24) is 5.43 Å². The molecule has 7 nitrogen and oxygen atoms in total. The Balaban J connectivity index is 2.07. The van der Waals surface area contributed by atoms with E-state index in [0.717, 1.165) is 5.56 Å². The summed E-state index contributed by atoms with van der Waals surface area (Å²) in [5, 5.41) is 23.8. The Labute approximate surface area is 148 Å². The molecule has 8 heteroatoms. The largest absolute Gasteiger partial charge is 0.396 e. The number of aryl methyl sites for hydroxylation is 1. The van der Waals surface area contributed by atoms with Crippen molar-refractivity contribution >= 4 is 29.6 Å². The zero-order valence-corrected chi connectivity index (χ0v) is 14.3. The number of thioether (sulfide) groups is 1. The monoisotopic (exact) mass is 359 g/mol. The van der Waals surface area contributed by atoms with Gasteiger partial charge in [0.15, 0.2) is 0 Å². The first-order valence-electron chi connectivity index (χ1n) is 7.43. The molecule has 2 aromatic rings. The zero-order valence-electron chi connectivity index (χ0n) is 13.5. The van der Waals surface area contributed by atoms with Crippen LogP contribution in [-0.2, 0) is 0 Å². The molecule has 0 unspecified atom stereocenters. The normalized spacial score (nSPS) is 10.8. The van der Waals surface area contributed by atoms with Gasteiger partial charge >= 0.3 is 0 Å². The van der Waals surface area contributed by atoms with Gasteiger partial charge in [0.1, 0.15) is 0 Å². The van der Waals surface area contributed by atoms with Gasteiger partial charge in [-0.2, -0.15) is 5.10 Å². The molecule has 0 heterocycles. The standard InChI is InChI=1S/C17H17N3O4S/c1-12-2-5-14(6-3-12)17(22)19-18-11-13-4-7-16(25-9-8-21)15(10-13)20(23)24/h2-7,10-11,21H,8-9H2,1H3,(H,19,22)/b18-11+. The lowest BCUT2D eigenvalue weighted by molar-refractivity contribution is -0.387. The highest BCUT2D eigenvalue weighted by Gasteiger charge is 2.14. The zero-order chi connectivity index (χ0) is 18.2. The minimum Gasteiger partial charge on any atom is -0.396 e. The predicted molar refractivity (Wildman–Crippen MR) is 97.1 cm³/mol. The summed E-state index contributed by atoms with van der Waals surface area (Å²) in [6.07, 6.45) is 1.35. The van der Waals surface area contributed by atoms with Gasteiger partial charge in [0.05, 0.1) is 22.6 Å². The van der Waals surface area contributed by atoms with Crippen LogP contribution in [0.2, 0.25) is 0 Å². The summed E-state index contributed by atoms with van der Waals surface area (Å²) in [5.41, 5.74) is 4.34. The van der Waals surface area contributed by atoms with Crippen molar-refractivity contribution in [2.75, 3.05) is 12.4 Å². The fourth-order valence-corrected chi connectivity index (χ4v) is 2.73. The predicted octanol–water partition coefficient (Wildman–Crippen LogP) is 2.75. The number of hydrogen-bond donors (Lipinski definition) is 2. The van der Waals surface area contributed by atoms with Crippen LogP contribution in [0.15, 0.2) is 52.5 Å². The number of carbonyl (C=O) groups is 1. The van der Waals surface area contributed by atoms with E-state index < -0.39 is 4.92 Å². The van der Waals surface area contributed by atoms with Gasteiger partial charge < -0.3 is 5.11 Å². The number of aliphatic hydroxyl groups is 1. The van der Waals surface area contributed by atoms with Crippen LogP contribution in [0.5, 0.6) is 0 Å². The van der Waals surface area contributed by atoms with E-state index in [1.807, 2.05) is 19.1 Å². The number of benzene rings is 2. The molecule has 2 rings (SSSR count). The van der Waals surface area contributed by atoms with Crippen LogP contribution < -0.4 is 5.43 Å². The molecule has 0 fully saturated rings. The summed E-state index contributed by atoms with van der Waals surface area (Å²) in [7, 11) is 0. The number of rotatable bonds is 7. The summed E-state index contributed by atoms with van der Waals surface area (Å²) in [6, 6.07) is 11.7. The number of aliphatic hydroxyl groups excluding tert-OH is 1. The lowest BCUT2D eigenvalue weighted by Gasteiger charge is -2.03. The highest BCUT2D eigenvalue weighted by Crippen LogP contribution is 2.29. The van der Waals surface area contributed by atoms with E-state index in [2.05, 4.69) is 10.5 Å². The van der Waals surface area contributed by atoms with E-state index in [-0.39, 0.29) is 18.2 Å². The third-order valence-electron chi connectivity index (χ3n) is 3.22. The van der Waals surface area contributed by atoms with Crippen LogP contribution in [0.25, 0.3) is 0 Å². The van der Waals surface area contributed by atoms with Crippen molar-refractivity contribution in [2.24, 2.45) is 5.10 Å². The highest BCUT2D eigenvalue weighted by molar-refractivity contribution is 7.99. The lowest BCUT2D eigenvalue weighted by atomic mass is 10.1. The van der Waals surface area contributed by atoms with E-state index in [0.29, 0.717) is 21.8 Å². The smallest absolute Gasteiger partial charge is 0.283 e. The van der Waals surface area contributed by atoms with E-state index in [4.69, 9.17) is 5.11 Å². The highest BCUT2D eigenvalue weighted by atomic mass is 32.2. The number of nitrogens with one attached hydrogen (secondary N) is 1. The van der Waals surface area contributed by atoms with Gasteiger partial charge in [0.25, 0.3) is 11.6 Å². The van der Waals surface area contributed by atoms with Crippen LogP contribution in [0, 0.1) is 17.0 Å². The maximum absolute atomic E-state index is 11.9. The molecule has 0 aliphatic carbocycles. The average molecular weight is 359 g/mol. The van der Waals surface area contributed by atoms with E-state index >= 15 is 0 Å². The summed E-state index contributed by atoms with van der Waals surface area (Å²) >= 11 is 1.21. The first kappa shape index (κ1) is 18.6. The molecular weight excluding hydrogens is 342 g/mol. The fourth-order valence-electron chi connectivity index (χ4n) is 1.97. The number of nitrogens with zero attached hydrogens (tertiary/aromatic N) is 2. The summed E-state index contributed by atoms with van der Waals surface area (Å²) in [5.74, 6) is 0.0156. The molecule has 0 aliphatic heterocycles. The molecule has 25 heavy (non-hydrogen) atoms. The first-order valence-corrected chi connectivity index (χ1v) is 8.42. The van der Waals surface area contributed by atoms with Crippen molar-refractivity contribution in [1.29, 1.82) is 0 Å². The molecule has 2 N–H and O–H groups in total. The molecule has 0 aromatic heterocycles. The Hall–Kier alpha value is -2.71. The fraction of sp³-hybridized carbons (Fsp3) is 0.176. The Morgan fingerprint density at radius 3 is 2.68 bits per heavy atom. The summed E-state index contributed by atoms with van der Waals surface area (Å²) in [6.45, 7) is 1.87. The summed E-state index contributed by atoms with van der Waals surface area (Å²) in [4.78, 5) is 23.1. The minimum absolute atomic E-state index is 0.0595. The van der Waals surface area contributed by atoms with Crippen LogP contribution >= 0.6 is 11.8 Å². The maximum Gasteiger partial charge on any atom is 0.283 e. The number of hydrogen-bond acceptors (Lipinski definition) is 6. The molecular formula is C17H17N3O4S. The van der Waals surface area contributed by atoms with E-state index in [1.54, 1.807) is 24.3 Å². The van der Waals surface area contributed by atoms with Crippen LogP contribution in [0.4, 0.5) is 5.69 Å². The number of nitro benzene ring substituents is 1. The second-order valence-corrected chi connectivity index (χ2v) is 6.26. The van der Waals surface area contributed by atoms with Crippen molar-refractivity contribution in [3.05, 3.63) is 69.3 Å². The second-order valence-electron chi connectivity index (χ2n) is 5.12. The van der Waals surface area contributed by atoms with Gasteiger partial charge in [0.2, 0.25) is 0 Å². The number of carbonyl (C=O) groups excluding carboxylic acids is 1. The molecule has 0 saturated heterocycles. The van der Waals surface area contributed by atoms with Crippen LogP contribution in [0.1, 0.15) is 21.5 Å². The third-order valence-corrected chi connectivity index (χ3v) is 4.26. The van der Waals surface area contributed by atoms with Crippen LogP contribution in [-0.4, -0.2) is 34.5 Å². The van der Waals surface area contributed by atoms with E-state index in [1.165, 1.54) is 24.0 Å². The molecule has 0 atom stereocenters. The molecule has 0 saturated carbocycles. The third kappa shape index (κ3) is 5.40. The Bertz CT molecular complexity index is 791.